The number of methoxy groups -OCH3 is 1. The summed E-state index contributed by atoms with van der Waals surface area (Å²) in [5, 5.41) is 2.25. The van der Waals surface area contributed by atoms with Gasteiger partial charge in [-0.05, 0) is 26.8 Å². The lowest BCUT2D eigenvalue weighted by Crippen LogP contribution is -2.36. The van der Waals surface area contributed by atoms with E-state index < -0.39 is 29.9 Å². The molecule has 1 N–H and O–H groups in total. The third-order valence-corrected chi connectivity index (χ3v) is 2.24. The lowest BCUT2D eigenvalue weighted by atomic mass is 9.79. The predicted molar refractivity (Wildman–Crippen MR) is 71.6 cm³/mol. The highest BCUT2D eigenvalue weighted by Gasteiger charge is 2.30. The van der Waals surface area contributed by atoms with E-state index in [4.69, 9.17) is 9.47 Å². The van der Waals surface area contributed by atoms with Crippen LogP contribution in [0.5, 0.6) is 5.75 Å². The number of rotatable bonds is 3. The number of benzene rings is 1. The summed E-state index contributed by atoms with van der Waals surface area (Å²) in [6.07, 6.45) is -0.845. The van der Waals surface area contributed by atoms with Crippen LogP contribution in [-0.4, -0.2) is 25.8 Å². The number of ether oxygens (including phenoxy) is 2. The first-order valence-electron chi connectivity index (χ1n) is 5.91. The van der Waals surface area contributed by atoms with Gasteiger partial charge < -0.3 is 22.4 Å². The smallest absolute Gasteiger partial charge is 0.498 e. The molecule has 20 heavy (non-hydrogen) atoms. The van der Waals surface area contributed by atoms with E-state index in [2.05, 4.69) is 5.32 Å². The van der Waals surface area contributed by atoms with Gasteiger partial charge in [-0.3, -0.25) is 5.32 Å². The number of carbonyl (C=O) groups is 1. The zero-order chi connectivity index (χ0) is 15.6. The Balaban J connectivity index is 3.05. The molecule has 0 radical (unpaired) electrons. The molecule has 0 heterocycles. The van der Waals surface area contributed by atoms with E-state index in [0.717, 1.165) is 13.2 Å². The molecule has 8 heteroatoms. The normalized spacial score (nSPS) is 11.9. The minimum Gasteiger partial charge on any atom is -0.498 e. The molecule has 1 amide bonds. The van der Waals surface area contributed by atoms with E-state index in [0.29, 0.717) is 0 Å². The topological polar surface area (TPSA) is 47.6 Å². The second kappa shape index (κ2) is 5.64. The molecule has 0 unspecified atom stereocenters. The summed E-state index contributed by atoms with van der Waals surface area (Å²) in [6.45, 7) is -0.280. The Bertz CT molecular complexity index is 498. The molecule has 1 aromatic rings. The van der Waals surface area contributed by atoms with Gasteiger partial charge in [-0.25, -0.2) is 4.79 Å². The fourth-order valence-corrected chi connectivity index (χ4v) is 1.55. The van der Waals surface area contributed by atoms with E-state index >= 15 is 0 Å². The van der Waals surface area contributed by atoms with Crippen molar-refractivity contribution in [3.8, 4) is 5.75 Å². The number of halogens is 3. The Labute approximate surface area is 115 Å². The average Bonchev–Trinajstić information content (AvgIpc) is 2.24. The van der Waals surface area contributed by atoms with Gasteiger partial charge in [0.1, 0.15) is 11.4 Å². The van der Waals surface area contributed by atoms with Gasteiger partial charge in [0.05, 0.1) is 12.8 Å². The van der Waals surface area contributed by atoms with Crippen molar-refractivity contribution in [2.75, 3.05) is 12.4 Å². The van der Waals surface area contributed by atoms with Crippen LogP contribution in [0.25, 0.3) is 0 Å². The zero-order valence-corrected chi connectivity index (χ0v) is 11.7. The van der Waals surface area contributed by atoms with E-state index in [-0.39, 0.29) is 5.69 Å². The van der Waals surface area contributed by atoms with Crippen LogP contribution >= 0.6 is 0 Å². The number of nitrogens with one attached hydrogen (secondary N) is 1. The molecule has 0 bridgehead atoms. The van der Waals surface area contributed by atoms with Crippen molar-refractivity contribution in [2.24, 2.45) is 0 Å². The molecule has 0 aliphatic heterocycles. The lowest BCUT2D eigenvalue weighted by molar-refractivity contribution is 0.0635. The van der Waals surface area contributed by atoms with Gasteiger partial charge in [0.2, 0.25) is 0 Å². The van der Waals surface area contributed by atoms with Crippen molar-refractivity contribution in [2.45, 2.75) is 26.4 Å². The second-order valence-electron chi connectivity index (χ2n) is 5.13. The van der Waals surface area contributed by atoms with Crippen LogP contribution in [-0.2, 0) is 4.74 Å². The molecule has 0 atom stereocenters. The molecule has 0 saturated carbocycles. The fraction of sp³-hybridized carbons (Fsp3) is 0.417. The van der Waals surface area contributed by atoms with Gasteiger partial charge in [-0.2, -0.15) is 0 Å². The molecule has 0 saturated heterocycles. The quantitative estimate of drug-likeness (QED) is 0.870. The van der Waals surface area contributed by atoms with Crippen molar-refractivity contribution >= 4 is 24.2 Å². The van der Waals surface area contributed by atoms with Gasteiger partial charge in [-0.15, -0.1) is 0 Å². The highest BCUT2D eigenvalue weighted by Crippen LogP contribution is 2.26. The van der Waals surface area contributed by atoms with E-state index in [1.807, 2.05) is 0 Å². The first kappa shape index (κ1) is 16.2. The molecular formula is C12H16BF3NO3-. The maximum atomic E-state index is 12.9. The summed E-state index contributed by atoms with van der Waals surface area (Å²) >= 11 is 0. The molecule has 1 rings (SSSR count). The SMILES string of the molecule is COc1c(NC(=O)OC(C)(C)C)cccc1[B-](F)(F)F. The largest absolute Gasteiger partial charge is 0.513 e. The number of anilines is 1. The third-order valence-electron chi connectivity index (χ3n) is 2.24. The van der Waals surface area contributed by atoms with Gasteiger partial charge in [-0.1, -0.05) is 17.6 Å². The average molecular weight is 290 g/mol. The summed E-state index contributed by atoms with van der Waals surface area (Å²) in [4.78, 5) is 11.6. The lowest BCUT2D eigenvalue weighted by Gasteiger charge is -2.23. The van der Waals surface area contributed by atoms with Gasteiger partial charge in [0, 0.05) is 0 Å². The molecule has 0 aromatic heterocycles. The molecule has 0 spiro atoms. The van der Waals surface area contributed by atoms with Crippen molar-refractivity contribution in [3.05, 3.63) is 18.2 Å². The van der Waals surface area contributed by atoms with Gasteiger partial charge >= 0.3 is 13.1 Å². The van der Waals surface area contributed by atoms with Gasteiger partial charge in [0.25, 0.3) is 0 Å². The van der Waals surface area contributed by atoms with Crippen LogP contribution in [0.2, 0.25) is 0 Å². The third kappa shape index (κ3) is 4.36. The number of hydrogen-bond acceptors (Lipinski definition) is 3. The van der Waals surface area contributed by atoms with Crippen molar-refractivity contribution in [1.29, 1.82) is 0 Å². The fourth-order valence-electron chi connectivity index (χ4n) is 1.55. The zero-order valence-electron chi connectivity index (χ0n) is 11.7. The number of para-hydroxylation sites is 1. The molecule has 1 aromatic carbocycles. The van der Waals surface area contributed by atoms with E-state index in [1.165, 1.54) is 12.1 Å². The Morgan fingerprint density at radius 1 is 1.25 bits per heavy atom. The minimum atomic E-state index is -5.24. The number of carbonyl (C=O) groups excluding carboxylic acids is 1. The first-order chi connectivity index (χ1) is 9.04. The van der Waals surface area contributed by atoms with Crippen molar-refractivity contribution in [1.82, 2.24) is 0 Å². The van der Waals surface area contributed by atoms with E-state index in [9.17, 15) is 17.7 Å². The Morgan fingerprint density at radius 2 is 1.85 bits per heavy atom. The highest BCUT2D eigenvalue weighted by molar-refractivity contribution is 6.74. The van der Waals surface area contributed by atoms with Crippen LogP contribution < -0.4 is 15.5 Å². The number of hydrogen-bond donors (Lipinski definition) is 1. The Kier molecular flexibility index (Phi) is 4.57. The summed E-state index contributed by atoms with van der Waals surface area (Å²) in [7, 11) is 1.11. The van der Waals surface area contributed by atoms with Crippen LogP contribution in [0.3, 0.4) is 0 Å². The van der Waals surface area contributed by atoms with Crippen LogP contribution in [0.1, 0.15) is 20.8 Å². The maximum Gasteiger partial charge on any atom is 0.513 e. The van der Waals surface area contributed by atoms with Crippen molar-refractivity contribution < 1.29 is 27.2 Å². The maximum absolute atomic E-state index is 12.9. The summed E-state index contributed by atoms with van der Waals surface area (Å²) in [6, 6.07) is 3.41. The predicted octanol–water partition coefficient (Wildman–Crippen LogP) is 3.10. The molecule has 112 valence electrons. The summed E-state index contributed by atoms with van der Waals surface area (Å²) in [5.41, 5.74) is -1.73. The molecular weight excluding hydrogens is 274 g/mol. The van der Waals surface area contributed by atoms with Crippen LogP contribution in [0.15, 0.2) is 18.2 Å². The summed E-state index contributed by atoms with van der Waals surface area (Å²) in [5.74, 6) is -0.425. The molecule has 0 aliphatic carbocycles. The molecule has 0 aliphatic rings. The number of amides is 1. The highest BCUT2D eigenvalue weighted by atomic mass is 19.4. The molecule has 0 fully saturated rings. The second-order valence-corrected chi connectivity index (χ2v) is 5.13. The van der Waals surface area contributed by atoms with Crippen LogP contribution in [0.4, 0.5) is 23.4 Å². The summed E-state index contributed by atoms with van der Waals surface area (Å²) < 4.78 is 48.3. The van der Waals surface area contributed by atoms with Gasteiger partial charge in [0.15, 0.2) is 0 Å². The van der Waals surface area contributed by atoms with Crippen LogP contribution in [0, 0.1) is 0 Å². The van der Waals surface area contributed by atoms with Crippen molar-refractivity contribution in [3.63, 3.8) is 0 Å². The standard InChI is InChI=1S/C12H16BF3NO3/c1-12(2,3)20-11(18)17-9-7-5-6-8(10(9)19-4)13(14,15)16/h5-7H,1-4H3,(H,17,18)/q-1. The monoisotopic (exact) mass is 290 g/mol. The Hall–Kier alpha value is -1.86. The van der Waals surface area contributed by atoms with E-state index in [1.54, 1.807) is 20.8 Å². The first-order valence-corrected chi connectivity index (χ1v) is 5.91. The Morgan fingerprint density at radius 3 is 2.30 bits per heavy atom. The minimum absolute atomic E-state index is 0.0848. The molecule has 4 nitrogen and oxygen atoms in total.